The summed E-state index contributed by atoms with van der Waals surface area (Å²) in [5.41, 5.74) is -1.43. The van der Waals surface area contributed by atoms with Gasteiger partial charge in [0, 0.05) is 19.2 Å². The number of carboxylic acid groups (broad SMARTS) is 1. The van der Waals surface area contributed by atoms with Gasteiger partial charge < -0.3 is 20.2 Å². The second-order valence-electron chi connectivity index (χ2n) is 5.66. The quantitative estimate of drug-likeness (QED) is 0.286. The largest absolute Gasteiger partial charge is 0.481 e. The number of hydrogen-bond acceptors (Lipinski definition) is 7. The third-order valence-electron chi connectivity index (χ3n) is 3.77. The molecule has 2 fully saturated rings. The van der Waals surface area contributed by atoms with Crippen molar-refractivity contribution in [2.24, 2.45) is 10.6 Å². The molecule has 0 aliphatic carbocycles. The number of carbonyl (C=O) groups excluding carboxylic acids is 3. The number of nitrogens with one attached hydrogen (secondary N) is 1. The maximum Gasteiger partial charge on any atom is 0.312 e. The van der Waals surface area contributed by atoms with E-state index in [2.05, 4.69) is 15.3 Å². The number of aliphatic carboxylic acids is 1. The van der Waals surface area contributed by atoms with E-state index < -0.39 is 34.8 Å². The zero-order valence-corrected chi connectivity index (χ0v) is 13.7. The van der Waals surface area contributed by atoms with E-state index in [1.807, 2.05) is 0 Å². The Labute approximate surface area is 136 Å². The maximum atomic E-state index is 12.1. The monoisotopic (exact) mass is 343 g/mol. The molecule has 0 spiro atoms. The Morgan fingerprint density at radius 2 is 2.13 bits per heavy atom. The van der Waals surface area contributed by atoms with Crippen LogP contribution in [0.5, 0.6) is 0 Å². The first-order chi connectivity index (χ1) is 10.7. The smallest absolute Gasteiger partial charge is 0.312 e. The van der Waals surface area contributed by atoms with Gasteiger partial charge in [0.05, 0.1) is 5.41 Å². The van der Waals surface area contributed by atoms with E-state index in [1.165, 1.54) is 30.7 Å². The minimum absolute atomic E-state index is 0.0942. The molecule has 2 unspecified atom stereocenters. The molecular weight excluding hydrogens is 326 g/mol. The van der Waals surface area contributed by atoms with Crippen LogP contribution < -0.4 is 5.32 Å². The number of oxime groups is 1. The molecule has 23 heavy (non-hydrogen) atoms. The highest BCUT2D eigenvalue weighted by Gasteiger charge is 2.56. The molecule has 2 saturated heterocycles. The second kappa shape index (κ2) is 6.19. The van der Waals surface area contributed by atoms with E-state index in [0.29, 0.717) is 5.75 Å². The third kappa shape index (κ3) is 3.03. The number of rotatable bonds is 5. The third-order valence-corrected chi connectivity index (χ3v) is 5.44. The van der Waals surface area contributed by atoms with Crippen LogP contribution in [0.15, 0.2) is 5.16 Å². The molecule has 3 atom stereocenters. The number of hydrogen-bond donors (Lipinski definition) is 2. The SMILES string of the molecule is CON=C(C(C)=O)C(=O)NC1C(=O)N2CC(C)(C(=O)O)CS[C@H]12. The van der Waals surface area contributed by atoms with E-state index in [-0.39, 0.29) is 17.8 Å². The molecule has 9 nitrogen and oxygen atoms in total. The van der Waals surface area contributed by atoms with E-state index in [4.69, 9.17) is 0 Å². The topological polar surface area (TPSA) is 125 Å². The van der Waals surface area contributed by atoms with Crippen molar-refractivity contribution in [1.82, 2.24) is 10.2 Å². The van der Waals surface area contributed by atoms with Gasteiger partial charge in [-0.05, 0) is 6.92 Å². The normalized spacial score (nSPS) is 30.1. The number of β-lactam (4-membered cyclic amide) rings is 1. The van der Waals surface area contributed by atoms with Gasteiger partial charge >= 0.3 is 5.97 Å². The van der Waals surface area contributed by atoms with Crippen LogP contribution in [0.1, 0.15) is 13.8 Å². The van der Waals surface area contributed by atoms with E-state index in [1.54, 1.807) is 6.92 Å². The van der Waals surface area contributed by atoms with E-state index in [0.717, 1.165) is 0 Å². The summed E-state index contributed by atoms with van der Waals surface area (Å²) in [4.78, 5) is 52.6. The number of fused-ring (bicyclic) bond motifs is 1. The predicted molar refractivity (Wildman–Crippen MR) is 80.8 cm³/mol. The number of amides is 2. The van der Waals surface area contributed by atoms with Gasteiger partial charge in [0.2, 0.25) is 11.6 Å². The minimum Gasteiger partial charge on any atom is -0.481 e. The summed E-state index contributed by atoms with van der Waals surface area (Å²) >= 11 is 1.29. The van der Waals surface area contributed by atoms with Gasteiger partial charge in [0.1, 0.15) is 18.5 Å². The summed E-state index contributed by atoms with van der Waals surface area (Å²) < 4.78 is 0. The van der Waals surface area contributed by atoms with Gasteiger partial charge in [-0.25, -0.2) is 0 Å². The fourth-order valence-electron chi connectivity index (χ4n) is 2.40. The Morgan fingerprint density at radius 3 is 2.65 bits per heavy atom. The molecule has 2 N–H and O–H groups in total. The number of thioether (sulfide) groups is 1. The van der Waals surface area contributed by atoms with Crippen molar-refractivity contribution in [3.8, 4) is 0 Å². The average molecular weight is 343 g/mol. The van der Waals surface area contributed by atoms with E-state index >= 15 is 0 Å². The molecule has 0 radical (unpaired) electrons. The fourth-order valence-corrected chi connectivity index (χ4v) is 3.89. The zero-order chi connectivity index (χ0) is 17.4. The molecule has 2 amide bonds. The molecule has 0 bridgehead atoms. The standard InChI is InChI=1S/C13H17N3O6S/c1-6(17)7(15-22-3)9(18)14-8-10(19)16-4-13(2,12(20)21)5-23-11(8)16/h8,11H,4-5H2,1-3H3,(H,14,18)(H,20,21)/t8?,11-,13?/m1/s1. The van der Waals surface area contributed by atoms with Gasteiger partial charge in [0.15, 0.2) is 5.78 Å². The molecule has 2 rings (SSSR count). The second-order valence-corrected chi connectivity index (χ2v) is 6.77. The summed E-state index contributed by atoms with van der Waals surface area (Å²) in [6.45, 7) is 2.84. The van der Waals surface area contributed by atoms with Gasteiger partial charge in [-0.1, -0.05) is 5.16 Å². The summed E-state index contributed by atoms with van der Waals surface area (Å²) in [6, 6.07) is -0.799. The molecule has 2 aliphatic rings. The zero-order valence-electron chi connectivity index (χ0n) is 12.9. The lowest BCUT2D eigenvalue weighted by atomic mass is 9.89. The molecule has 0 aromatic carbocycles. The molecule has 2 heterocycles. The highest BCUT2D eigenvalue weighted by atomic mass is 32.2. The molecule has 0 aromatic rings. The molecule has 2 aliphatic heterocycles. The first kappa shape index (κ1) is 17.3. The highest BCUT2D eigenvalue weighted by Crippen LogP contribution is 2.41. The number of nitrogens with zero attached hydrogens (tertiary/aromatic N) is 2. The van der Waals surface area contributed by atoms with Crippen molar-refractivity contribution in [3.63, 3.8) is 0 Å². The number of carboxylic acids is 1. The summed E-state index contributed by atoms with van der Waals surface area (Å²) in [5, 5.41) is 14.7. The minimum atomic E-state index is -1.01. The van der Waals surface area contributed by atoms with Crippen LogP contribution in [0.2, 0.25) is 0 Å². The molecule has 0 aromatic heterocycles. The van der Waals surface area contributed by atoms with Crippen LogP contribution in [0.3, 0.4) is 0 Å². The van der Waals surface area contributed by atoms with Crippen molar-refractivity contribution >= 4 is 41.0 Å². The molecular formula is C13H17N3O6S. The average Bonchev–Trinajstić information content (AvgIpc) is 2.49. The Balaban J connectivity index is 2.05. The van der Waals surface area contributed by atoms with Crippen LogP contribution in [-0.2, 0) is 24.0 Å². The lowest BCUT2D eigenvalue weighted by Gasteiger charge is -2.53. The first-order valence-electron chi connectivity index (χ1n) is 6.79. The maximum absolute atomic E-state index is 12.1. The first-order valence-corrected chi connectivity index (χ1v) is 7.84. The lowest BCUT2D eigenvalue weighted by molar-refractivity contribution is -0.157. The predicted octanol–water partition coefficient (Wildman–Crippen LogP) is -0.931. The highest BCUT2D eigenvalue weighted by molar-refractivity contribution is 8.00. The van der Waals surface area contributed by atoms with Crippen molar-refractivity contribution in [3.05, 3.63) is 0 Å². The van der Waals surface area contributed by atoms with Crippen LogP contribution in [0.4, 0.5) is 0 Å². The van der Waals surface area contributed by atoms with E-state index in [9.17, 15) is 24.3 Å². The van der Waals surface area contributed by atoms with Crippen molar-refractivity contribution in [1.29, 1.82) is 0 Å². The van der Waals surface area contributed by atoms with Crippen LogP contribution in [0.25, 0.3) is 0 Å². The van der Waals surface area contributed by atoms with Crippen molar-refractivity contribution in [2.45, 2.75) is 25.3 Å². The van der Waals surface area contributed by atoms with Crippen molar-refractivity contribution < 1.29 is 29.1 Å². The van der Waals surface area contributed by atoms with Gasteiger partial charge in [-0.2, -0.15) is 0 Å². The van der Waals surface area contributed by atoms with Crippen molar-refractivity contribution in [2.75, 3.05) is 19.4 Å². The number of carbonyl (C=O) groups is 4. The van der Waals surface area contributed by atoms with Gasteiger partial charge in [0.25, 0.3) is 5.91 Å². The lowest BCUT2D eigenvalue weighted by Crippen LogP contribution is -2.73. The Hall–Kier alpha value is -2.10. The fraction of sp³-hybridized carbons (Fsp3) is 0.615. The number of Topliss-reactive ketones (excluding diaryl/α,β-unsaturated/α-hetero) is 1. The number of ketones is 1. The summed E-state index contributed by atoms with van der Waals surface area (Å²) in [5.74, 6) is -2.38. The summed E-state index contributed by atoms with van der Waals surface area (Å²) in [7, 11) is 1.20. The van der Waals surface area contributed by atoms with Crippen LogP contribution in [-0.4, -0.2) is 70.1 Å². The molecule has 0 saturated carbocycles. The molecule has 10 heteroatoms. The Morgan fingerprint density at radius 1 is 1.48 bits per heavy atom. The van der Waals surface area contributed by atoms with Gasteiger partial charge in [-0.3, -0.25) is 19.2 Å². The Kier molecular flexibility index (Phi) is 4.64. The Bertz CT molecular complexity index is 607. The van der Waals surface area contributed by atoms with Gasteiger partial charge in [-0.15, -0.1) is 11.8 Å². The summed E-state index contributed by atoms with van der Waals surface area (Å²) in [6.07, 6.45) is 0. The van der Waals surface area contributed by atoms with Crippen LogP contribution in [0, 0.1) is 5.41 Å². The van der Waals surface area contributed by atoms with Crippen LogP contribution >= 0.6 is 11.8 Å². The molecule has 126 valence electrons.